The van der Waals surface area contributed by atoms with Crippen molar-refractivity contribution in [3.63, 3.8) is 0 Å². The summed E-state index contributed by atoms with van der Waals surface area (Å²) < 4.78 is 0. The second-order valence-corrected chi connectivity index (χ2v) is 3.55. The lowest BCUT2D eigenvalue weighted by molar-refractivity contribution is -0.116. The molecule has 15 heavy (non-hydrogen) atoms. The Hall–Kier alpha value is -1.62. The minimum absolute atomic E-state index is 0.00921. The molecule has 0 aliphatic rings. The smallest absolute Gasteiger partial charge is 0.223 e. The molecule has 1 aromatic rings. The number of thiocarbonyl (C=S) groups is 1. The quantitative estimate of drug-likeness (QED) is 0.742. The van der Waals surface area contributed by atoms with Crippen molar-refractivity contribution in [1.29, 1.82) is 0 Å². The molecule has 4 nitrogen and oxygen atoms in total. The van der Waals surface area contributed by atoms with Crippen LogP contribution in [0.3, 0.4) is 0 Å². The molecule has 0 saturated heterocycles. The fraction of sp³-hybridized carbons (Fsp3) is 0.200. The van der Waals surface area contributed by atoms with Gasteiger partial charge in [-0.25, -0.2) is 0 Å². The zero-order valence-electron chi connectivity index (χ0n) is 8.65. The van der Waals surface area contributed by atoms with Crippen molar-refractivity contribution in [1.82, 2.24) is 0 Å². The lowest BCUT2D eigenvalue weighted by Crippen LogP contribution is -2.23. The van der Waals surface area contributed by atoms with Crippen LogP contribution in [-0.4, -0.2) is 18.1 Å². The van der Waals surface area contributed by atoms with Gasteiger partial charge < -0.3 is 16.0 Å². The maximum Gasteiger partial charge on any atom is 0.223 e. The average molecular weight is 223 g/mol. The van der Waals surface area contributed by atoms with Crippen LogP contribution in [0.1, 0.15) is 6.92 Å². The number of amides is 1. The molecule has 0 bridgehead atoms. The van der Waals surface area contributed by atoms with Gasteiger partial charge in [0.15, 0.2) is 5.11 Å². The number of rotatable bonds is 2. The number of carbonyl (C=O) groups is 1. The van der Waals surface area contributed by atoms with E-state index in [-0.39, 0.29) is 11.0 Å². The third-order valence-electron chi connectivity index (χ3n) is 1.99. The van der Waals surface area contributed by atoms with Crippen LogP contribution in [0.2, 0.25) is 0 Å². The Morgan fingerprint density at radius 1 is 1.40 bits per heavy atom. The number of benzene rings is 1. The molecule has 0 fully saturated rings. The van der Waals surface area contributed by atoms with Crippen LogP contribution in [0.15, 0.2) is 24.3 Å². The summed E-state index contributed by atoms with van der Waals surface area (Å²) in [6, 6.07) is 7.27. The van der Waals surface area contributed by atoms with Crippen LogP contribution >= 0.6 is 12.2 Å². The summed E-state index contributed by atoms with van der Waals surface area (Å²) in [5.74, 6) is -0.00921. The standard InChI is InChI=1S/C10H13N3OS/c1-7(14)13(2)9-5-3-8(4-6-9)12-10(11)15/h3-6H,1-2H3,(H3,11,12,15). The van der Waals surface area contributed by atoms with E-state index >= 15 is 0 Å². The molecule has 5 heteroatoms. The molecule has 0 aromatic heterocycles. The third kappa shape index (κ3) is 3.21. The first-order chi connectivity index (χ1) is 7.00. The van der Waals surface area contributed by atoms with E-state index in [1.54, 1.807) is 11.9 Å². The van der Waals surface area contributed by atoms with Crippen molar-refractivity contribution in [2.75, 3.05) is 17.3 Å². The summed E-state index contributed by atoms with van der Waals surface area (Å²) in [7, 11) is 1.72. The molecular weight excluding hydrogens is 210 g/mol. The largest absolute Gasteiger partial charge is 0.376 e. The Morgan fingerprint density at radius 3 is 2.33 bits per heavy atom. The Kier molecular flexibility index (Phi) is 3.62. The first kappa shape index (κ1) is 11.5. The summed E-state index contributed by atoms with van der Waals surface area (Å²) >= 11 is 4.71. The van der Waals surface area contributed by atoms with E-state index in [0.717, 1.165) is 11.4 Å². The van der Waals surface area contributed by atoms with Gasteiger partial charge in [-0.1, -0.05) is 0 Å². The maximum absolute atomic E-state index is 11.1. The summed E-state index contributed by atoms with van der Waals surface area (Å²) in [4.78, 5) is 12.6. The molecule has 1 amide bonds. The van der Waals surface area contributed by atoms with Crippen LogP contribution in [-0.2, 0) is 4.79 Å². The van der Waals surface area contributed by atoms with E-state index in [1.165, 1.54) is 6.92 Å². The van der Waals surface area contributed by atoms with Crippen molar-refractivity contribution in [3.05, 3.63) is 24.3 Å². The van der Waals surface area contributed by atoms with E-state index in [9.17, 15) is 4.79 Å². The molecule has 0 aliphatic heterocycles. The molecule has 0 spiro atoms. The summed E-state index contributed by atoms with van der Waals surface area (Å²) in [5, 5.41) is 3.03. The molecule has 0 unspecified atom stereocenters. The van der Waals surface area contributed by atoms with E-state index < -0.39 is 0 Å². The van der Waals surface area contributed by atoms with Gasteiger partial charge in [-0.15, -0.1) is 0 Å². The highest BCUT2D eigenvalue weighted by Gasteiger charge is 2.04. The zero-order chi connectivity index (χ0) is 11.4. The van der Waals surface area contributed by atoms with Gasteiger partial charge in [0.2, 0.25) is 5.91 Å². The van der Waals surface area contributed by atoms with Gasteiger partial charge in [-0.2, -0.15) is 0 Å². The van der Waals surface area contributed by atoms with E-state index in [0.29, 0.717) is 0 Å². The van der Waals surface area contributed by atoms with Crippen molar-refractivity contribution >= 4 is 34.6 Å². The SMILES string of the molecule is CC(=O)N(C)c1ccc(NC(N)=S)cc1. The fourth-order valence-corrected chi connectivity index (χ4v) is 1.21. The maximum atomic E-state index is 11.1. The Morgan fingerprint density at radius 2 is 1.93 bits per heavy atom. The van der Waals surface area contributed by atoms with E-state index in [1.807, 2.05) is 24.3 Å². The van der Waals surface area contributed by atoms with Gasteiger partial charge in [0.25, 0.3) is 0 Å². The molecule has 0 atom stereocenters. The van der Waals surface area contributed by atoms with Gasteiger partial charge in [-0.05, 0) is 36.5 Å². The number of hydrogen-bond donors (Lipinski definition) is 2. The topological polar surface area (TPSA) is 58.4 Å². The van der Waals surface area contributed by atoms with Crippen LogP contribution in [0.25, 0.3) is 0 Å². The van der Waals surface area contributed by atoms with Crippen LogP contribution in [0, 0.1) is 0 Å². The second-order valence-electron chi connectivity index (χ2n) is 3.11. The van der Waals surface area contributed by atoms with Crippen LogP contribution in [0.4, 0.5) is 11.4 Å². The van der Waals surface area contributed by atoms with Crippen molar-refractivity contribution < 1.29 is 4.79 Å². The number of nitrogens with zero attached hydrogens (tertiary/aromatic N) is 1. The Balaban J connectivity index is 2.80. The van der Waals surface area contributed by atoms with Crippen LogP contribution in [0.5, 0.6) is 0 Å². The van der Waals surface area contributed by atoms with Gasteiger partial charge in [0.1, 0.15) is 0 Å². The highest BCUT2D eigenvalue weighted by atomic mass is 32.1. The number of nitrogens with two attached hydrogens (primary N) is 1. The number of hydrogen-bond acceptors (Lipinski definition) is 2. The molecule has 0 heterocycles. The monoisotopic (exact) mass is 223 g/mol. The van der Waals surface area contributed by atoms with Crippen LogP contribution < -0.4 is 16.0 Å². The number of carbonyl (C=O) groups excluding carboxylic acids is 1. The van der Waals surface area contributed by atoms with Gasteiger partial charge in [0.05, 0.1) is 0 Å². The average Bonchev–Trinajstić information content (AvgIpc) is 2.17. The summed E-state index contributed by atoms with van der Waals surface area (Å²) in [5.41, 5.74) is 6.96. The molecule has 1 rings (SSSR count). The molecule has 0 radical (unpaired) electrons. The molecular formula is C10H13N3OS. The predicted octanol–water partition coefficient (Wildman–Crippen LogP) is 1.32. The predicted molar refractivity (Wildman–Crippen MR) is 65.9 cm³/mol. The lowest BCUT2D eigenvalue weighted by atomic mass is 10.2. The van der Waals surface area contributed by atoms with Gasteiger partial charge in [-0.3, -0.25) is 4.79 Å². The highest BCUT2D eigenvalue weighted by Crippen LogP contribution is 2.16. The van der Waals surface area contributed by atoms with Gasteiger partial charge in [0, 0.05) is 25.3 Å². The van der Waals surface area contributed by atoms with Crippen molar-refractivity contribution in [3.8, 4) is 0 Å². The normalized spacial score (nSPS) is 9.47. The zero-order valence-corrected chi connectivity index (χ0v) is 9.47. The lowest BCUT2D eigenvalue weighted by Gasteiger charge is -2.15. The first-order valence-corrected chi connectivity index (χ1v) is 4.82. The van der Waals surface area contributed by atoms with E-state index in [2.05, 4.69) is 5.32 Å². The number of anilines is 2. The third-order valence-corrected chi connectivity index (χ3v) is 2.10. The number of nitrogens with one attached hydrogen (secondary N) is 1. The van der Waals surface area contributed by atoms with Crippen molar-refractivity contribution in [2.24, 2.45) is 5.73 Å². The molecule has 1 aromatic carbocycles. The highest BCUT2D eigenvalue weighted by molar-refractivity contribution is 7.80. The van der Waals surface area contributed by atoms with E-state index in [4.69, 9.17) is 18.0 Å². The fourth-order valence-electron chi connectivity index (χ4n) is 1.09. The van der Waals surface area contributed by atoms with Gasteiger partial charge >= 0.3 is 0 Å². The Bertz CT molecular complexity index is 375. The summed E-state index contributed by atoms with van der Waals surface area (Å²) in [6.45, 7) is 1.52. The summed E-state index contributed by atoms with van der Waals surface area (Å²) in [6.07, 6.45) is 0. The second kappa shape index (κ2) is 4.75. The van der Waals surface area contributed by atoms with Crippen molar-refractivity contribution in [2.45, 2.75) is 6.92 Å². The molecule has 0 aliphatic carbocycles. The molecule has 80 valence electrons. The molecule has 3 N–H and O–H groups in total. The molecule has 0 saturated carbocycles. The Labute approximate surface area is 94.1 Å². The minimum Gasteiger partial charge on any atom is -0.376 e. The first-order valence-electron chi connectivity index (χ1n) is 4.41. The minimum atomic E-state index is -0.00921.